The van der Waals surface area contributed by atoms with Gasteiger partial charge in [-0.25, -0.2) is 0 Å². The van der Waals surface area contributed by atoms with Crippen LogP contribution in [-0.2, 0) is 9.47 Å². The summed E-state index contributed by atoms with van der Waals surface area (Å²) in [5.41, 5.74) is 0. The Kier molecular flexibility index (Phi) is 5.71. The zero-order valence-electron chi connectivity index (χ0n) is 11.0. The number of piperidine rings is 1. The van der Waals surface area contributed by atoms with Gasteiger partial charge in [-0.2, -0.15) is 0 Å². The maximum absolute atomic E-state index is 5.58. The van der Waals surface area contributed by atoms with E-state index < -0.39 is 0 Å². The van der Waals surface area contributed by atoms with Crippen LogP contribution in [0.5, 0.6) is 0 Å². The first-order chi connectivity index (χ1) is 8.38. The SMILES string of the molecule is CNCC1CCCN(CCC2OCCCO2)C1. The van der Waals surface area contributed by atoms with Crippen molar-refractivity contribution in [2.24, 2.45) is 5.92 Å². The molecule has 1 atom stereocenters. The third kappa shape index (κ3) is 4.54. The van der Waals surface area contributed by atoms with Crippen LogP contribution in [0.4, 0.5) is 0 Å². The molecule has 0 aromatic carbocycles. The van der Waals surface area contributed by atoms with E-state index >= 15 is 0 Å². The highest BCUT2D eigenvalue weighted by Crippen LogP contribution is 2.17. The normalized spacial score (nSPS) is 28.4. The molecule has 0 saturated carbocycles. The third-order valence-electron chi connectivity index (χ3n) is 3.67. The highest BCUT2D eigenvalue weighted by atomic mass is 16.7. The zero-order valence-corrected chi connectivity index (χ0v) is 11.0. The van der Waals surface area contributed by atoms with Gasteiger partial charge in [-0.1, -0.05) is 0 Å². The van der Waals surface area contributed by atoms with E-state index in [1.54, 1.807) is 0 Å². The molecule has 2 fully saturated rings. The molecule has 2 rings (SSSR count). The fraction of sp³-hybridized carbons (Fsp3) is 1.00. The van der Waals surface area contributed by atoms with Crippen molar-refractivity contribution in [1.29, 1.82) is 0 Å². The molecule has 0 radical (unpaired) electrons. The topological polar surface area (TPSA) is 33.7 Å². The number of rotatable bonds is 5. The molecule has 0 amide bonds. The summed E-state index contributed by atoms with van der Waals surface area (Å²) in [5, 5.41) is 3.29. The number of ether oxygens (including phenoxy) is 2. The van der Waals surface area contributed by atoms with E-state index in [2.05, 4.69) is 10.2 Å². The summed E-state index contributed by atoms with van der Waals surface area (Å²) >= 11 is 0. The molecular weight excluding hydrogens is 216 g/mol. The van der Waals surface area contributed by atoms with Crippen molar-refractivity contribution in [1.82, 2.24) is 10.2 Å². The lowest BCUT2D eigenvalue weighted by molar-refractivity contribution is -0.183. The first-order valence-electron chi connectivity index (χ1n) is 6.98. The van der Waals surface area contributed by atoms with Gasteiger partial charge in [0.25, 0.3) is 0 Å². The molecule has 0 aromatic heterocycles. The maximum Gasteiger partial charge on any atom is 0.158 e. The Bertz CT molecular complexity index is 206. The Morgan fingerprint density at radius 1 is 1.24 bits per heavy atom. The van der Waals surface area contributed by atoms with Crippen molar-refractivity contribution in [3.8, 4) is 0 Å². The van der Waals surface area contributed by atoms with Crippen molar-refractivity contribution in [2.75, 3.05) is 46.4 Å². The van der Waals surface area contributed by atoms with Crippen molar-refractivity contribution in [3.05, 3.63) is 0 Å². The molecule has 2 aliphatic rings. The first kappa shape index (κ1) is 13.3. The van der Waals surface area contributed by atoms with Crippen LogP contribution in [0, 0.1) is 5.92 Å². The lowest BCUT2D eigenvalue weighted by Crippen LogP contribution is -2.41. The van der Waals surface area contributed by atoms with E-state index in [0.29, 0.717) is 0 Å². The van der Waals surface area contributed by atoms with E-state index in [1.165, 1.54) is 25.9 Å². The fourth-order valence-electron chi connectivity index (χ4n) is 2.80. The van der Waals surface area contributed by atoms with Gasteiger partial charge < -0.3 is 19.7 Å². The summed E-state index contributed by atoms with van der Waals surface area (Å²) in [4.78, 5) is 2.56. The van der Waals surface area contributed by atoms with Crippen LogP contribution in [-0.4, -0.2) is 57.6 Å². The third-order valence-corrected chi connectivity index (χ3v) is 3.67. The number of nitrogens with one attached hydrogen (secondary N) is 1. The molecule has 0 spiro atoms. The van der Waals surface area contributed by atoms with Crippen LogP contribution >= 0.6 is 0 Å². The molecule has 100 valence electrons. The zero-order chi connectivity index (χ0) is 11.9. The molecule has 2 heterocycles. The standard InChI is InChI=1S/C13H26N2O2/c1-14-10-12-4-2-6-15(11-12)7-5-13-16-8-3-9-17-13/h12-14H,2-11H2,1H3. The van der Waals surface area contributed by atoms with Crippen LogP contribution in [0.15, 0.2) is 0 Å². The Labute approximate surface area is 105 Å². The summed E-state index contributed by atoms with van der Waals surface area (Å²) in [6.07, 6.45) is 4.82. The second-order valence-electron chi connectivity index (χ2n) is 5.18. The van der Waals surface area contributed by atoms with Crippen molar-refractivity contribution in [2.45, 2.75) is 32.0 Å². The number of hydrogen-bond acceptors (Lipinski definition) is 4. The summed E-state index contributed by atoms with van der Waals surface area (Å²) in [5.74, 6) is 0.821. The molecule has 17 heavy (non-hydrogen) atoms. The summed E-state index contributed by atoms with van der Waals surface area (Å²) < 4.78 is 11.2. The molecular formula is C13H26N2O2. The summed E-state index contributed by atoms with van der Waals surface area (Å²) in [6.45, 7) is 6.47. The van der Waals surface area contributed by atoms with E-state index in [0.717, 1.165) is 45.1 Å². The van der Waals surface area contributed by atoms with E-state index in [4.69, 9.17) is 9.47 Å². The second-order valence-corrected chi connectivity index (χ2v) is 5.18. The van der Waals surface area contributed by atoms with Crippen LogP contribution in [0.25, 0.3) is 0 Å². The Hall–Kier alpha value is -0.160. The smallest absolute Gasteiger partial charge is 0.158 e. The van der Waals surface area contributed by atoms with Gasteiger partial charge in [0.05, 0.1) is 13.2 Å². The predicted octanol–water partition coefficient (Wildman–Crippen LogP) is 1.07. The van der Waals surface area contributed by atoms with Crippen LogP contribution in [0.3, 0.4) is 0 Å². The second kappa shape index (κ2) is 7.31. The molecule has 2 saturated heterocycles. The molecule has 1 N–H and O–H groups in total. The van der Waals surface area contributed by atoms with E-state index in [9.17, 15) is 0 Å². The minimum atomic E-state index is 0.0495. The van der Waals surface area contributed by atoms with Crippen LogP contribution < -0.4 is 5.32 Å². The van der Waals surface area contributed by atoms with Crippen molar-refractivity contribution >= 4 is 0 Å². The average molecular weight is 242 g/mol. The molecule has 2 aliphatic heterocycles. The van der Waals surface area contributed by atoms with Gasteiger partial charge in [-0.15, -0.1) is 0 Å². The fourth-order valence-corrected chi connectivity index (χ4v) is 2.80. The average Bonchev–Trinajstić information content (AvgIpc) is 2.39. The molecule has 4 heteroatoms. The molecule has 0 bridgehead atoms. The minimum absolute atomic E-state index is 0.0495. The van der Waals surface area contributed by atoms with Gasteiger partial charge in [-0.3, -0.25) is 0 Å². The van der Waals surface area contributed by atoms with Gasteiger partial charge in [0.15, 0.2) is 6.29 Å². The van der Waals surface area contributed by atoms with Crippen LogP contribution in [0.1, 0.15) is 25.7 Å². The Morgan fingerprint density at radius 3 is 2.82 bits per heavy atom. The first-order valence-corrected chi connectivity index (χ1v) is 6.98. The number of nitrogens with zero attached hydrogens (tertiary/aromatic N) is 1. The Balaban J connectivity index is 1.64. The van der Waals surface area contributed by atoms with E-state index in [-0.39, 0.29) is 6.29 Å². The highest BCUT2D eigenvalue weighted by molar-refractivity contribution is 4.74. The van der Waals surface area contributed by atoms with Gasteiger partial charge in [0.1, 0.15) is 0 Å². The minimum Gasteiger partial charge on any atom is -0.353 e. The highest BCUT2D eigenvalue weighted by Gasteiger charge is 2.21. The predicted molar refractivity (Wildman–Crippen MR) is 68.0 cm³/mol. The largest absolute Gasteiger partial charge is 0.353 e. The number of hydrogen-bond donors (Lipinski definition) is 1. The van der Waals surface area contributed by atoms with Crippen molar-refractivity contribution in [3.63, 3.8) is 0 Å². The molecule has 0 aliphatic carbocycles. The van der Waals surface area contributed by atoms with Gasteiger partial charge in [0.2, 0.25) is 0 Å². The maximum atomic E-state index is 5.58. The quantitative estimate of drug-likeness (QED) is 0.782. The molecule has 1 unspecified atom stereocenters. The molecule has 4 nitrogen and oxygen atoms in total. The van der Waals surface area contributed by atoms with E-state index in [1.807, 2.05) is 7.05 Å². The summed E-state index contributed by atoms with van der Waals surface area (Å²) in [7, 11) is 2.04. The van der Waals surface area contributed by atoms with Crippen LogP contribution in [0.2, 0.25) is 0 Å². The van der Waals surface area contributed by atoms with Gasteiger partial charge in [-0.05, 0) is 45.3 Å². The number of likely N-dealkylation sites (tertiary alicyclic amines) is 1. The van der Waals surface area contributed by atoms with Gasteiger partial charge >= 0.3 is 0 Å². The van der Waals surface area contributed by atoms with Crippen molar-refractivity contribution < 1.29 is 9.47 Å². The molecule has 0 aromatic rings. The lowest BCUT2D eigenvalue weighted by atomic mass is 9.98. The van der Waals surface area contributed by atoms with Gasteiger partial charge in [0, 0.05) is 19.5 Å². The Morgan fingerprint density at radius 2 is 2.06 bits per heavy atom. The monoisotopic (exact) mass is 242 g/mol. The summed E-state index contributed by atoms with van der Waals surface area (Å²) in [6, 6.07) is 0. The lowest BCUT2D eigenvalue weighted by Gasteiger charge is -2.34.